The van der Waals surface area contributed by atoms with Crippen LogP contribution in [-0.2, 0) is 10.0 Å². The number of carbonyl (C=O) groups excluding carboxylic acids is 1. The summed E-state index contributed by atoms with van der Waals surface area (Å²) in [4.78, 5) is 17.1. The van der Waals surface area contributed by atoms with Crippen molar-refractivity contribution in [2.75, 3.05) is 31.1 Å². The van der Waals surface area contributed by atoms with Crippen molar-refractivity contribution < 1.29 is 13.2 Å². The van der Waals surface area contributed by atoms with Crippen LogP contribution in [0.4, 0.5) is 5.69 Å². The number of rotatable bonds is 5. The van der Waals surface area contributed by atoms with Gasteiger partial charge in [-0.3, -0.25) is 4.79 Å². The van der Waals surface area contributed by atoms with E-state index in [1.54, 1.807) is 12.1 Å². The maximum atomic E-state index is 12.8. The van der Waals surface area contributed by atoms with Crippen LogP contribution in [0, 0.1) is 0 Å². The van der Waals surface area contributed by atoms with Crippen molar-refractivity contribution in [2.45, 2.75) is 36.6 Å². The van der Waals surface area contributed by atoms with Gasteiger partial charge in [0.1, 0.15) is 0 Å². The first kappa shape index (κ1) is 19.9. The fraction of sp³-hybridized carbons (Fsp3) is 0.409. The molecule has 1 saturated carbocycles. The van der Waals surface area contributed by atoms with E-state index in [-0.39, 0.29) is 16.8 Å². The van der Waals surface area contributed by atoms with Gasteiger partial charge >= 0.3 is 0 Å². The van der Waals surface area contributed by atoms with E-state index in [1.807, 2.05) is 23.1 Å². The first-order valence-corrected chi connectivity index (χ1v) is 11.7. The van der Waals surface area contributed by atoms with Gasteiger partial charge in [-0.1, -0.05) is 31.0 Å². The molecule has 0 bridgehead atoms. The van der Waals surface area contributed by atoms with Crippen LogP contribution >= 0.6 is 0 Å². The lowest BCUT2D eigenvalue weighted by molar-refractivity contribution is 0.0746. The van der Waals surface area contributed by atoms with E-state index in [9.17, 15) is 13.2 Å². The van der Waals surface area contributed by atoms with Crippen molar-refractivity contribution >= 4 is 21.6 Å². The zero-order valence-electron chi connectivity index (χ0n) is 16.5. The number of para-hydroxylation sites is 1. The van der Waals surface area contributed by atoms with E-state index < -0.39 is 10.0 Å². The Morgan fingerprint density at radius 1 is 0.862 bits per heavy atom. The third-order valence-corrected chi connectivity index (χ3v) is 7.31. The lowest BCUT2D eigenvalue weighted by atomic mass is 10.1. The maximum absolute atomic E-state index is 12.8. The molecule has 0 unspecified atom stereocenters. The van der Waals surface area contributed by atoms with Crippen molar-refractivity contribution in [2.24, 2.45) is 0 Å². The van der Waals surface area contributed by atoms with Gasteiger partial charge in [0.15, 0.2) is 0 Å². The van der Waals surface area contributed by atoms with Gasteiger partial charge < -0.3 is 9.80 Å². The van der Waals surface area contributed by atoms with Gasteiger partial charge in [-0.05, 0) is 49.2 Å². The average Bonchev–Trinajstić information content (AvgIpc) is 3.26. The van der Waals surface area contributed by atoms with Crippen LogP contribution in [0.2, 0.25) is 0 Å². The molecular formula is C22H27N3O3S. The van der Waals surface area contributed by atoms with Gasteiger partial charge in [0.2, 0.25) is 10.0 Å². The van der Waals surface area contributed by atoms with E-state index >= 15 is 0 Å². The Kier molecular flexibility index (Phi) is 5.87. The summed E-state index contributed by atoms with van der Waals surface area (Å²) in [5, 5.41) is 0. The molecule has 1 amide bonds. The number of nitrogens with one attached hydrogen (secondary N) is 1. The molecule has 2 aromatic rings. The van der Waals surface area contributed by atoms with Crippen molar-refractivity contribution in [3.05, 3.63) is 60.2 Å². The van der Waals surface area contributed by atoms with E-state index in [0.29, 0.717) is 18.7 Å². The topological polar surface area (TPSA) is 69.7 Å². The number of piperazine rings is 1. The maximum Gasteiger partial charge on any atom is 0.253 e. The van der Waals surface area contributed by atoms with Crippen LogP contribution in [0.15, 0.2) is 59.5 Å². The van der Waals surface area contributed by atoms with Crippen LogP contribution < -0.4 is 9.62 Å². The summed E-state index contributed by atoms with van der Waals surface area (Å²) in [6.45, 7) is 2.87. The highest BCUT2D eigenvalue weighted by Gasteiger charge is 2.25. The van der Waals surface area contributed by atoms with Gasteiger partial charge in [0, 0.05) is 43.5 Å². The SMILES string of the molecule is O=C(c1ccc(S(=O)(=O)NC2CCCC2)cc1)N1CCN(c2ccccc2)CC1. The molecule has 7 heteroatoms. The molecule has 2 aromatic carbocycles. The van der Waals surface area contributed by atoms with Gasteiger partial charge in [-0.15, -0.1) is 0 Å². The monoisotopic (exact) mass is 413 g/mol. The van der Waals surface area contributed by atoms with Gasteiger partial charge in [0.05, 0.1) is 4.90 Å². The molecule has 29 heavy (non-hydrogen) atoms. The molecule has 1 heterocycles. The van der Waals surface area contributed by atoms with Gasteiger partial charge in [-0.25, -0.2) is 13.1 Å². The number of anilines is 1. The molecule has 0 aromatic heterocycles. The molecular weight excluding hydrogens is 386 g/mol. The fourth-order valence-electron chi connectivity index (χ4n) is 4.10. The molecule has 154 valence electrons. The highest BCUT2D eigenvalue weighted by Crippen LogP contribution is 2.21. The first-order valence-electron chi connectivity index (χ1n) is 10.2. The molecule has 4 rings (SSSR count). The standard InChI is InChI=1S/C22H27N3O3S/c26-22(25-16-14-24(15-17-25)20-8-2-1-3-9-20)18-10-12-21(13-11-18)29(27,28)23-19-6-4-5-7-19/h1-3,8-13,19,23H,4-7,14-17H2. The summed E-state index contributed by atoms with van der Waals surface area (Å²) in [5.41, 5.74) is 1.70. The molecule has 1 aliphatic heterocycles. The highest BCUT2D eigenvalue weighted by molar-refractivity contribution is 7.89. The number of sulfonamides is 1. The van der Waals surface area contributed by atoms with E-state index in [1.165, 1.54) is 17.8 Å². The molecule has 1 aliphatic carbocycles. The zero-order chi connectivity index (χ0) is 20.3. The number of hydrogen-bond donors (Lipinski definition) is 1. The second-order valence-electron chi connectivity index (χ2n) is 7.74. The molecule has 2 aliphatic rings. The van der Waals surface area contributed by atoms with E-state index in [2.05, 4.69) is 21.8 Å². The summed E-state index contributed by atoms with van der Waals surface area (Å²) in [6, 6.07) is 16.5. The predicted octanol–water partition coefficient (Wildman–Crippen LogP) is 2.87. The lowest BCUT2D eigenvalue weighted by Gasteiger charge is -2.36. The third-order valence-electron chi connectivity index (χ3n) is 5.78. The number of nitrogens with zero attached hydrogens (tertiary/aromatic N) is 2. The van der Waals surface area contributed by atoms with Crippen LogP contribution in [0.5, 0.6) is 0 Å². The molecule has 6 nitrogen and oxygen atoms in total. The Hall–Kier alpha value is -2.38. The van der Waals surface area contributed by atoms with Crippen molar-refractivity contribution in [1.82, 2.24) is 9.62 Å². The van der Waals surface area contributed by atoms with E-state index in [4.69, 9.17) is 0 Å². The molecule has 0 spiro atoms. The minimum atomic E-state index is -3.53. The Morgan fingerprint density at radius 3 is 2.10 bits per heavy atom. The summed E-state index contributed by atoms with van der Waals surface area (Å²) >= 11 is 0. The van der Waals surface area contributed by atoms with Crippen molar-refractivity contribution in [1.29, 1.82) is 0 Å². The Bertz CT molecular complexity index is 931. The lowest BCUT2D eigenvalue weighted by Crippen LogP contribution is -2.48. The largest absolute Gasteiger partial charge is 0.368 e. The van der Waals surface area contributed by atoms with Crippen LogP contribution in [0.25, 0.3) is 0 Å². The zero-order valence-corrected chi connectivity index (χ0v) is 17.3. The van der Waals surface area contributed by atoms with Crippen LogP contribution in [-0.4, -0.2) is 51.4 Å². The smallest absolute Gasteiger partial charge is 0.253 e. The average molecular weight is 414 g/mol. The summed E-state index contributed by atoms with van der Waals surface area (Å²) in [6.07, 6.45) is 3.92. The van der Waals surface area contributed by atoms with Gasteiger partial charge in [-0.2, -0.15) is 0 Å². The number of carbonyl (C=O) groups is 1. The third kappa shape index (κ3) is 4.62. The van der Waals surface area contributed by atoms with Crippen LogP contribution in [0.1, 0.15) is 36.0 Å². The minimum Gasteiger partial charge on any atom is -0.368 e. The minimum absolute atomic E-state index is 0.0298. The second-order valence-corrected chi connectivity index (χ2v) is 9.46. The van der Waals surface area contributed by atoms with Crippen molar-refractivity contribution in [3.8, 4) is 0 Å². The van der Waals surface area contributed by atoms with Gasteiger partial charge in [0.25, 0.3) is 5.91 Å². The van der Waals surface area contributed by atoms with Crippen molar-refractivity contribution in [3.63, 3.8) is 0 Å². The number of amides is 1. The van der Waals surface area contributed by atoms with Crippen LogP contribution in [0.3, 0.4) is 0 Å². The molecule has 2 fully saturated rings. The number of benzene rings is 2. The first-order chi connectivity index (χ1) is 14.0. The second kappa shape index (κ2) is 8.55. The Balaban J connectivity index is 1.37. The number of hydrogen-bond acceptors (Lipinski definition) is 4. The summed E-state index contributed by atoms with van der Waals surface area (Å²) in [7, 11) is -3.53. The Morgan fingerprint density at radius 2 is 1.48 bits per heavy atom. The summed E-state index contributed by atoms with van der Waals surface area (Å²) in [5.74, 6) is -0.0505. The Labute approximate surface area is 172 Å². The highest BCUT2D eigenvalue weighted by atomic mass is 32.2. The van der Waals surface area contributed by atoms with E-state index in [0.717, 1.165) is 38.8 Å². The quantitative estimate of drug-likeness (QED) is 0.818. The molecule has 1 N–H and O–H groups in total. The summed E-state index contributed by atoms with van der Waals surface area (Å²) < 4.78 is 27.8. The molecule has 0 radical (unpaired) electrons. The predicted molar refractivity (Wildman–Crippen MR) is 114 cm³/mol. The fourth-order valence-corrected chi connectivity index (χ4v) is 5.40. The molecule has 0 atom stereocenters. The normalized spacial score (nSPS) is 18.2. The molecule has 1 saturated heterocycles.